The van der Waals surface area contributed by atoms with Crippen molar-refractivity contribution in [1.29, 1.82) is 0 Å². The van der Waals surface area contributed by atoms with E-state index in [4.69, 9.17) is 10.8 Å². The number of aliphatic hydroxyl groups is 1. The van der Waals surface area contributed by atoms with Crippen LogP contribution in [0.15, 0.2) is 0 Å². The minimum absolute atomic E-state index is 0.214. The van der Waals surface area contributed by atoms with Gasteiger partial charge in [-0.05, 0) is 32.1 Å². The lowest BCUT2D eigenvalue weighted by Crippen LogP contribution is -2.37. The van der Waals surface area contributed by atoms with Gasteiger partial charge in [-0.1, -0.05) is 0 Å². The quantitative estimate of drug-likeness (QED) is 0.751. The molecule has 0 radical (unpaired) electrons. The SMILES string of the molecule is Cc1nnc(CC2CC(N)C2)n1CCCO. The van der Waals surface area contributed by atoms with Gasteiger partial charge >= 0.3 is 0 Å². The van der Waals surface area contributed by atoms with Gasteiger partial charge < -0.3 is 15.4 Å². The molecule has 0 saturated heterocycles. The molecule has 0 aromatic carbocycles. The van der Waals surface area contributed by atoms with Gasteiger partial charge in [0, 0.05) is 25.6 Å². The summed E-state index contributed by atoms with van der Waals surface area (Å²) in [7, 11) is 0. The van der Waals surface area contributed by atoms with E-state index in [0.717, 1.165) is 43.9 Å². The third-order valence-electron chi connectivity index (χ3n) is 3.30. The molecule has 0 amide bonds. The molecule has 1 heterocycles. The van der Waals surface area contributed by atoms with Crippen molar-refractivity contribution in [1.82, 2.24) is 14.8 Å². The summed E-state index contributed by atoms with van der Waals surface area (Å²) < 4.78 is 2.11. The van der Waals surface area contributed by atoms with Crippen molar-refractivity contribution in [3.05, 3.63) is 11.6 Å². The second-order valence-corrected chi connectivity index (χ2v) is 4.69. The normalized spacial score (nSPS) is 24.4. The monoisotopic (exact) mass is 224 g/mol. The first-order chi connectivity index (χ1) is 7.70. The number of nitrogens with zero attached hydrogens (tertiary/aromatic N) is 3. The summed E-state index contributed by atoms with van der Waals surface area (Å²) in [5.41, 5.74) is 5.77. The molecule has 2 rings (SSSR count). The molecule has 5 heteroatoms. The maximum Gasteiger partial charge on any atom is 0.133 e. The fourth-order valence-corrected chi connectivity index (χ4v) is 2.31. The molecule has 0 spiro atoms. The van der Waals surface area contributed by atoms with Gasteiger partial charge in [-0.3, -0.25) is 0 Å². The molecular weight excluding hydrogens is 204 g/mol. The van der Waals surface area contributed by atoms with E-state index >= 15 is 0 Å². The first-order valence-electron chi connectivity index (χ1n) is 5.96. The fourth-order valence-electron chi connectivity index (χ4n) is 2.31. The minimum Gasteiger partial charge on any atom is -0.396 e. The fraction of sp³-hybridized carbons (Fsp3) is 0.818. The Morgan fingerprint density at radius 3 is 2.81 bits per heavy atom. The van der Waals surface area contributed by atoms with Gasteiger partial charge in [0.05, 0.1) is 0 Å². The minimum atomic E-state index is 0.214. The van der Waals surface area contributed by atoms with Gasteiger partial charge in [-0.25, -0.2) is 0 Å². The van der Waals surface area contributed by atoms with Crippen LogP contribution in [0.25, 0.3) is 0 Å². The van der Waals surface area contributed by atoms with E-state index in [2.05, 4.69) is 14.8 Å². The van der Waals surface area contributed by atoms with Crippen LogP contribution in [0.3, 0.4) is 0 Å². The summed E-state index contributed by atoms with van der Waals surface area (Å²) in [6.45, 7) is 2.98. The molecule has 0 bridgehead atoms. The standard InChI is InChI=1S/C11H20N4O/c1-8-13-14-11(15(8)3-2-4-16)7-9-5-10(12)6-9/h9-10,16H,2-7,12H2,1H3. The number of hydrogen-bond donors (Lipinski definition) is 2. The van der Waals surface area contributed by atoms with Crippen LogP contribution in [0.5, 0.6) is 0 Å². The number of aromatic nitrogens is 3. The van der Waals surface area contributed by atoms with E-state index in [-0.39, 0.29) is 6.61 Å². The van der Waals surface area contributed by atoms with E-state index in [1.165, 1.54) is 0 Å². The Labute approximate surface area is 95.7 Å². The molecule has 1 aromatic rings. The van der Waals surface area contributed by atoms with Crippen LogP contribution >= 0.6 is 0 Å². The number of hydrogen-bond acceptors (Lipinski definition) is 4. The smallest absolute Gasteiger partial charge is 0.133 e. The highest BCUT2D eigenvalue weighted by atomic mass is 16.3. The van der Waals surface area contributed by atoms with Crippen LogP contribution in [0.4, 0.5) is 0 Å². The second kappa shape index (κ2) is 4.93. The van der Waals surface area contributed by atoms with Crippen LogP contribution in [0.1, 0.15) is 30.9 Å². The molecule has 0 aliphatic heterocycles. The topological polar surface area (TPSA) is 77.0 Å². The molecule has 5 nitrogen and oxygen atoms in total. The predicted octanol–water partition coefficient (Wildman–Crippen LogP) is 0.249. The van der Waals surface area contributed by atoms with Gasteiger partial charge in [0.1, 0.15) is 11.6 Å². The zero-order valence-corrected chi connectivity index (χ0v) is 9.76. The van der Waals surface area contributed by atoms with Crippen molar-refractivity contribution in [2.45, 2.75) is 45.2 Å². The molecule has 16 heavy (non-hydrogen) atoms. The van der Waals surface area contributed by atoms with Crippen molar-refractivity contribution in [3.8, 4) is 0 Å². The lowest BCUT2D eigenvalue weighted by Gasteiger charge is -2.32. The largest absolute Gasteiger partial charge is 0.396 e. The lowest BCUT2D eigenvalue weighted by molar-refractivity contribution is 0.254. The summed E-state index contributed by atoms with van der Waals surface area (Å²) in [6.07, 6.45) is 3.94. The van der Waals surface area contributed by atoms with Gasteiger partial charge in [0.2, 0.25) is 0 Å². The Morgan fingerprint density at radius 2 is 2.19 bits per heavy atom. The summed E-state index contributed by atoms with van der Waals surface area (Å²) in [5.74, 6) is 2.65. The van der Waals surface area contributed by atoms with Crippen molar-refractivity contribution in [2.24, 2.45) is 11.7 Å². The molecule has 1 fully saturated rings. The Morgan fingerprint density at radius 1 is 1.44 bits per heavy atom. The van der Waals surface area contributed by atoms with E-state index in [9.17, 15) is 0 Å². The van der Waals surface area contributed by atoms with Gasteiger partial charge in [-0.15, -0.1) is 10.2 Å². The summed E-state index contributed by atoms with van der Waals surface area (Å²) >= 11 is 0. The van der Waals surface area contributed by atoms with Crippen molar-refractivity contribution in [2.75, 3.05) is 6.61 Å². The molecular formula is C11H20N4O. The van der Waals surface area contributed by atoms with Crippen molar-refractivity contribution < 1.29 is 5.11 Å². The average Bonchev–Trinajstić information content (AvgIpc) is 2.55. The van der Waals surface area contributed by atoms with Crippen LogP contribution < -0.4 is 5.73 Å². The van der Waals surface area contributed by atoms with Crippen LogP contribution in [-0.2, 0) is 13.0 Å². The van der Waals surface area contributed by atoms with Crippen LogP contribution in [-0.4, -0.2) is 32.5 Å². The number of rotatable bonds is 5. The maximum absolute atomic E-state index is 8.85. The Kier molecular flexibility index (Phi) is 3.56. The highest BCUT2D eigenvalue weighted by Crippen LogP contribution is 2.28. The number of aryl methyl sites for hydroxylation is 1. The Hall–Kier alpha value is -0.940. The van der Waals surface area contributed by atoms with E-state index in [0.29, 0.717) is 12.0 Å². The third-order valence-corrected chi connectivity index (χ3v) is 3.30. The number of aliphatic hydroxyl groups excluding tert-OH is 1. The van der Waals surface area contributed by atoms with E-state index < -0.39 is 0 Å². The van der Waals surface area contributed by atoms with E-state index in [1.54, 1.807) is 0 Å². The molecule has 0 unspecified atom stereocenters. The first kappa shape index (κ1) is 11.5. The van der Waals surface area contributed by atoms with Crippen LogP contribution in [0.2, 0.25) is 0 Å². The van der Waals surface area contributed by atoms with Crippen LogP contribution in [0, 0.1) is 12.8 Å². The average molecular weight is 224 g/mol. The Bertz CT molecular complexity index is 344. The Balaban J connectivity index is 1.97. The predicted molar refractivity (Wildman–Crippen MR) is 60.9 cm³/mol. The molecule has 1 aliphatic carbocycles. The summed E-state index contributed by atoms with van der Waals surface area (Å²) in [6, 6.07) is 0.389. The third kappa shape index (κ3) is 2.41. The van der Waals surface area contributed by atoms with Crippen molar-refractivity contribution in [3.63, 3.8) is 0 Å². The van der Waals surface area contributed by atoms with E-state index in [1.807, 2.05) is 6.92 Å². The van der Waals surface area contributed by atoms with Crippen molar-refractivity contribution >= 4 is 0 Å². The highest BCUT2D eigenvalue weighted by Gasteiger charge is 2.27. The lowest BCUT2D eigenvalue weighted by atomic mass is 9.78. The molecule has 90 valence electrons. The maximum atomic E-state index is 8.85. The summed E-state index contributed by atoms with van der Waals surface area (Å²) in [4.78, 5) is 0. The first-order valence-corrected chi connectivity index (χ1v) is 5.96. The molecule has 3 N–H and O–H groups in total. The molecule has 1 saturated carbocycles. The van der Waals surface area contributed by atoms with Gasteiger partial charge in [0.15, 0.2) is 0 Å². The zero-order valence-electron chi connectivity index (χ0n) is 9.76. The highest BCUT2D eigenvalue weighted by molar-refractivity contribution is 4.98. The summed E-state index contributed by atoms with van der Waals surface area (Å²) in [5, 5.41) is 17.2. The van der Waals surface area contributed by atoms with Gasteiger partial charge in [0.25, 0.3) is 0 Å². The molecule has 0 atom stereocenters. The zero-order chi connectivity index (χ0) is 11.5. The molecule has 1 aliphatic rings. The molecule has 1 aromatic heterocycles. The second-order valence-electron chi connectivity index (χ2n) is 4.69. The number of nitrogens with two attached hydrogens (primary N) is 1. The van der Waals surface area contributed by atoms with Gasteiger partial charge in [-0.2, -0.15) is 0 Å².